The molecule has 0 radical (unpaired) electrons. The van der Waals surface area contributed by atoms with E-state index in [9.17, 15) is 4.79 Å². The number of rotatable bonds is 2. The highest BCUT2D eigenvalue weighted by atomic mass is 16.5. The maximum atomic E-state index is 13.1. The number of hydrogen-bond donors (Lipinski definition) is 0. The van der Waals surface area contributed by atoms with Crippen LogP contribution in [-0.2, 0) is 9.53 Å². The number of anilines is 1. The van der Waals surface area contributed by atoms with Crippen molar-refractivity contribution in [3.8, 4) is 6.07 Å². The van der Waals surface area contributed by atoms with Gasteiger partial charge in [0.25, 0.3) is 0 Å². The van der Waals surface area contributed by atoms with Crippen molar-refractivity contribution in [2.45, 2.75) is 44.2 Å². The molecule has 5 nitrogen and oxygen atoms in total. The van der Waals surface area contributed by atoms with E-state index in [4.69, 9.17) is 10.00 Å². The summed E-state index contributed by atoms with van der Waals surface area (Å²) >= 11 is 0. The number of amides is 1. The van der Waals surface area contributed by atoms with Gasteiger partial charge in [0, 0.05) is 31.9 Å². The zero-order chi connectivity index (χ0) is 17.2. The number of piperidine rings is 2. The molecule has 25 heavy (non-hydrogen) atoms. The van der Waals surface area contributed by atoms with Crippen molar-refractivity contribution in [1.29, 1.82) is 5.26 Å². The van der Waals surface area contributed by atoms with Gasteiger partial charge in [0.2, 0.25) is 5.91 Å². The predicted octanol–water partition coefficient (Wildman–Crippen LogP) is 2.55. The lowest BCUT2D eigenvalue weighted by Crippen LogP contribution is -2.57. The quantitative estimate of drug-likeness (QED) is 0.831. The van der Waals surface area contributed by atoms with Crippen LogP contribution < -0.4 is 4.90 Å². The van der Waals surface area contributed by atoms with Gasteiger partial charge in [0.15, 0.2) is 0 Å². The first-order valence-electron chi connectivity index (χ1n) is 9.43. The third-order valence-corrected chi connectivity index (χ3v) is 5.91. The molecule has 132 valence electrons. The van der Waals surface area contributed by atoms with Crippen molar-refractivity contribution in [1.82, 2.24) is 4.90 Å². The minimum Gasteiger partial charge on any atom is -0.378 e. The fourth-order valence-corrected chi connectivity index (χ4v) is 4.57. The summed E-state index contributed by atoms with van der Waals surface area (Å²) in [6.07, 6.45) is 5.79. The summed E-state index contributed by atoms with van der Waals surface area (Å²) in [4.78, 5) is 17.4. The van der Waals surface area contributed by atoms with Crippen LogP contribution in [0.25, 0.3) is 0 Å². The number of hydrogen-bond acceptors (Lipinski definition) is 4. The van der Waals surface area contributed by atoms with E-state index in [0.717, 1.165) is 57.6 Å². The molecular weight excluding hydrogens is 314 g/mol. The molecular formula is C20H25N3O2. The molecule has 3 atom stereocenters. The standard InChI is InChI=1S/C20H25N3O2/c21-13-15-5-7-17(8-6-15)23-10-1-4-18(20(23)24)22-11-9-19-16(14-22)3-2-12-25-19/h5-8,16,18-19H,1-4,9-12,14H2/t16-,18+,19+/m1/s1. The number of fused-ring (bicyclic) bond motifs is 1. The molecule has 5 heteroatoms. The molecule has 3 aliphatic heterocycles. The third kappa shape index (κ3) is 3.29. The highest BCUT2D eigenvalue weighted by molar-refractivity contribution is 5.98. The van der Waals surface area contributed by atoms with Crippen LogP contribution in [0.2, 0.25) is 0 Å². The lowest BCUT2D eigenvalue weighted by molar-refractivity contribution is -0.129. The van der Waals surface area contributed by atoms with Crippen molar-refractivity contribution in [3.63, 3.8) is 0 Å². The molecule has 3 saturated heterocycles. The van der Waals surface area contributed by atoms with Crippen LogP contribution in [0.1, 0.15) is 37.7 Å². The number of benzene rings is 1. The second-order valence-corrected chi connectivity index (χ2v) is 7.40. The number of carbonyl (C=O) groups excluding carboxylic acids is 1. The van der Waals surface area contributed by atoms with Gasteiger partial charge in [-0.1, -0.05) is 0 Å². The van der Waals surface area contributed by atoms with Gasteiger partial charge in [-0.25, -0.2) is 0 Å². The first kappa shape index (κ1) is 16.6. The first-order valence-corrected chi connectivity index (χ1v) is 9.43. The molecule has 1 amide bonds. The fraction of sp³-hybridized carbons (Fsp3) is 0.600. The zero-order valence-electron chi connectivity index (χ0n) is 14.6. The van der Waals surface area contributed by atoms with E-state index in [-0.39, 0.29) is 11.9 Å². The number of likely N-dealkylation sites (tertiary alicyclic amines) is 1. The van der Waals surface area contributed by atoms with Crippen LogP contribution in [0.5, 0.6) is 0 Å². The molecule has 3 fully saturated rings. The first-order chi connectivity index (χ1) is 12.3. The third-order valence-electron chi connectivity index (χ3n) is 5.91. The summed E-state index contributed by atoms with van der Waals surface area (Å²) in [6, 6.07) is 9.48. The lowest BCUT2D eigenvalue weighted by atomic mass is 9.87. The van der Waals surface area contributed by atoms with Crippen LogP contribution in [0.4, 0.5) is 5.69 Å². The van der Waals surface area contributed by atoms with Crippen molar-refractivity contribution in [3.05, 3.63) is 29.8 Å². The van der Waals surface area contributed by atoms with Gasteiger partial charge < -0.3 is 9.64 Å². The van der Waals surface area contributed by atoms with E-state index in [1.807, 2.05) is 17.0 Å². The van der Waals surface area contributed by atoms with E-state index < -0.39 is 0 Å². The van der Waals surface area contributed by atoms with Gasteiger partial charge in [0.05, 0.1) is 23.8 Å². The van der Waals surface area contributed by atoms with Gasteiger partial charge in [-0.3, -0.25) is 9.69 Å². The summed E-state index contributed by atoms with van der Waals surface area (Å²) < 4.78 is 5.91. The molecule has 1 aromatic rings. The highest BCUT2D eigenvalue weighted by Gasteiger charge is 2.39. The van der Waals surface area contributed by atoms with Crippen molar-refractivity contribution >= 4 is 11.6 Å². The zero-order valence-corrected chi connectivity index (χ0v) is 14.6. The summed E-state index contributed by atoms with van der Waals surface area (Å²) in [5.41, 5.74) is 1.54. The average Bonchev–Trinajstić information content (AvgIpc) is 2.68. The average molecular weight is 339 g/mol. The summed E-state index contributed by atoms with van der Waals surface area (Å²) in [6.45, 7) is 3.61. The number of ether oxygens (including phenoxy) is 1. The van der Waals surface area contributed by atoms with Crippen molar-refractivity contribution in [2.75, 3.05) is 31.1 Å². The number of nitrogens with zero attached hydrogens (tertiary/aromatic N) is 3. The smallest absolute Gasteiger partial charge is 0.244 e. The molecule has 0 aliphatic carbocycles. The van der Waals surface area contributed by atoms with E-state index in [2.05, 4.69) is 11.0 Å². The topological polar surface area (TPSA) is 56.6 Å². The number of carbonyl (C=O) groups is 1. The molecule has 0 N–H and O–H groups in total. The van der Waals surface area contributed by atoms with Gasteiger partial charge in [-0.05, 0) is 62.3 Å². The Morgan fingerprint density at radius 2 is 1.92 bits per heavy atom. The Morgan fingerprint density at radius 1 is 1.08 bits per heavy atom. The Morgan fingerprint density at radius 3 is 2.72 bits per heavy atom. The van der Waals surface area contributed by atoms with Crippen LogP contribution >= 0.6 is 0 Å². The summed E-state index contributed by atoms with van der Waals surface area (Å²) in [7, 11) is 0. The van der Waals surface area contributed by atoms with Gasteiger partial charge in [0.1, 0.15) is 0 Å². The minimum atomic E-state index is -0.00716. The summed E-state index contributed by atoms with van der Waals surface area (Å²) in [5, 5.41) is 8.95. The van der Waals surface area contributed by atoms with Gasteiger partial charge in [-0.2, -0.15) is 5.26 Å². The molecule has 1 aromatic carbocycles. The van der Waals surface area contributed by atoms with Crippen LogP contribution in [-0.4, -0.2) is 49.2 Å². The minimum absolute atomic E-state index is 0.00716. The second kappa shape index (κ2) is 7.15. The maximum Gasteiger partial charge on any atom is 0.244 e. The van der Waals surface area contributed by atoms with Crippen LogP contribution in [0.3, 0.4) is 0 Å². The molecule has 3 heterocycles. The highest BCUT2D eigenvalue weighted by Crippen LogP contribution is 2.32. The number of nitriles is 1. The Balaban J connectivity index is 1.47. The molecule has 3 aliphatic rings. The van der Waals surface area contributed by atoms with Gasteiger partial charge >= 0.3 is 0 Å². The largest absolute Gasteiger partial charge is 0.378 e. The Labute approximate surface area is 149 Å². The van der Waals surface area contributed by atoms with Gasteiger partial charge in [-0.15, -0.1) is 0 Å². The van der Waals surface area contributed by atoms with Crippen molar-refractivity contribution < 1.29 is 9.53 Å². The second-order valence-electron chi connectivity index (χ2n) is 7.40. The fourth-order valence-electron chi connectivity index (χ4n) is 4.57. The molecule has 0 bridgehead atoms. The Hall–Kier alpha value is -1.90. The Kier molecular flexibility index (Phi) is 4.74. The van der Waals surface area contributed by atoms with Crippen molar-refractivity contribution in [2.24, 2.45) is 5.92 Å². The van der Waals surface area contributed by atoms with E-state index in [0.29, 0.717) is 17.6 Å². The molecule has 4 rings (SSSR count). The molecule has 0 unspecified atom stereocenters. The Bertz CT molecular complexity index is 667. The monoisotopic (exact) mass is 339 g/mol. The normalized spacial score (nSPS) is 30.6. The molecule has 0 saturated carbocycles. The van der Waals surface area contributed by atoms with Crippen LogP contribution in [0.15, 0.2) is 24.3 Å². The lowest BCUT2D eigenvalue weighted by Gasteiger charge is -2.45. The molecule has 0 spiro atoms. The summed E-state index contributed by atoms with van der Waals surface area (Å²) in [5.74, 6) is 0.798. The van der Waals surface area contributed by atoms with E-state index >= 15 is 0 Å². The predicted molar refractivity (Wildman–Crippen MR) is 95.2 cm³/mol. The van der Waals surface area contributed by atoms with Crippen LogP contribution in [0, 0.1) is 17.2 Å². The van der Waals surface area contributed by atoms with E-state index in [1.165, 1.54) is 6.42 Å². The maximum absolute atomic E-state index is 13.1. The molecule has 0 aromatic heterocycles. The SMILES string of the molecule is N#Cc1ccc(N2CCC[C@H](N3CC[C@@H]4OCCC[C@@H]4C3)C2=O)cc1. The van der Waals surface area contributed by atoms with E-state index in [1.54, 1.807) is 12.1 Å².